The summed E-state index contributed by atoms with van der Waals surface area (Å²) in [5.41, 5.74) is 4.99. The quantitative estimate of drug-likeness (QED) is 0.691. The zero-order valence-electron chi connectivity index (χ0n) is 13.7. The first-order valence-electron chi connectivity index (χ1n) is 7.76. The largest absolute Gasteiger partial charge is 0.507 e. The third-order valence-corrected chi connectivity index (χ3v) is 6.39. The van der Waals surface area contributed by atoms with E-state index in [1.54, 1.807) is 6.07 Å². The second-order valence-electron chi connectivity index (χ2n) is 5.88. The van der Waals surface area contributed by atoms with Crippen molar-refractivity contribution >= 4 is 18.5 Å². The maximum Gasteiger partial charge on any atom is 0.123 e. The molecule has 0 bridgehead atoms. The molecule has 2 heteroatoms. The summed E-state index contributed by atoms with van der Waals surface area (Å²) in [6, 6.07) is 22.9. The lowest BCUT2D eigenvalue weighted by Crippen LogP contribution is -2.14. The zero-order chi connectivity index (χ0) is 16.4. The Hall–Kier alpha value is -2.11. The molecule has 0 saturated heterocycles. The van der Waals surface area contributed by atoms with Gasteiger partial charge in [0.1, 0.15) is 5.75 Å². The van der Waals surface area contributed by atoms with Gasteiger partial charge in [0.05, 0.1) is 0 Å². The summed E-state index contributed by atoms with van der Waals surface area (Å²) in [5, 5.41) is 12.6. The van der Waals surface area contributed by atoms with E-state index < -0.39 is 7.92 Å². The van der Waals surface area contributed by atoms with Crippen LogP contribution in [0.5, 0.6) is 5.75 Å². The molecule has 0 aliphatic carbocycles. The summed E-state index contributed by atoms with van der Waals surface area (Å²) < 4.78 is 0. The maximum atomic E-state index is 10.3. The lowest BCUT2D eigenvalue weighted by molar-refractivity contribution is 0.479. The first kappa shape index (κ1) is 15.8. The summed E-state index contributed by atoms with van der Waals surface area (Å²) >= 11 is 0. The van der Waals surface area contributed by atoms with Crippen LogP contribution in [0.3, 0.4) is 0 Å². The second kappa shape index (κ2) is 6.56. The zero-order valence-corrected chi connectivity index (χ0v) is 14.6. The Morgan fingerprint density at radius 2 is 1.39 bits per heavy atom. The first-order chi connectivity index (χ1) is 11.1. The van der Waals surface area contributed by atoms with E-state index in [2.05, 4.69) is 75.1 Å². The second-order valence-corrected chi connectivity index (χ2v) is 7.96. The lowest BCUT2D eigenvalue weighted by atomic mass is 10.0. The van der Waals surface area contributed by atoms with Gasteiger partial charge in [-0.15, -0.1) is 0 Å². The van der Waals surface area contributed by atoms with Crippen LogP contribution in [0.1, 0.15) is 11.1 Å². The number of rotatable bonds is 3. The van der Waals surface area contributed by atoms with Crippen molar-refractivity contribution in [3.05, 3.63) is 77.9 Å². The molecule has 116 valence electrons. The van der Waals surface area contributed by atoms with Crippen molar-refractivity contribution in [2.75, 3.05) is 6.66 Å². The minimum absolute atomic E-state index is 0.392. The Morgan fingerprint density at radius 1 is 0.739 bits per heavy atom. The van der Waals surface area contributed by atoms with Gasteiger partial charge in [0, 0.05) is 5.30 Å². The number of aromatic hydroxyl groups is 1. The molecule has 1 atom stereocenters. The van der Waals surface area contributed by atoms with Gasteiger partial charge in [-0.1, -0.05) is 60.2 Å². The van der Waals surface area contributed by atoms with Crippen LogP contribution in [-0.4, -0.2) is 11.8 Å². The summed E-state index contributed by atoms with van der Waals surface area (Å²) in [4.78, 5) is 0. The van der Waals surface area contributed by atoms with Gasteiger partial charge in [-0.3, -0.25) is 0 Å². The average Bonchev–Trinajstić information content (AvgIpc) is 2.57. The molecule has 0 radical (unpaired) electrons. The van der Waals surface area contributed by atoms with Crippen LogP contribution < -0.4 is 10.6 Å². The Labute approximate surface area is 139 Å². The SMILES string of the molecule is Cc1ccc(O)c(P(C)c2ccccc2-c2ccccc2C)c1. The van der Waals surface area contributed by atoms with Crippen molar-refractivity contribution in [2.45, 2.75) is 13.8 Å². The van der Waals surface area contributed by atoms with E-state index in [9.17, 15) is 5.11 Å². The van der Waals surface area contributed by atoms with Gasteiger partial charge in [0.25, 0.3) is 0 Å². The van der Waals surface area contributed by atoms with E-state index >= 15 is 0 Å². The highest BCUT2D eigenvalue weighted by Crippen LogP contribution is 2.37. The fourth-order valence-electron chi connectivity index (χ4n) is 2.90. The average molecular weight is 320 g/mol. The van der Waals surface area contributed by atoms with Crippen molar-refractivity contribution in [3.8, 4) is 16.9 Å². The Bertz CT molecular complexity index is 839. The molecule has 1 nitrogen and oxygen atoms in total. The van der Waals surface area contributed by atoms with Gasteiger partial charge < -0.3 is 5.11 Å². The molecular formula is C21H21OP. The predicted octanol–water partition coefficient (Wildman–Crippen LogP) is 4.74. The number of benzene rings is 3. The van der Waals surface area contributed by atoms with E-state index in [1.165, 1.54) is 27.6 Å². The van der Waals surface area contributed by atoms with E-state index in [1.807, 2.05) is 6.07 Å². The van der Waals surface area contributed by atoms with Gasteiger partial charge in [0.2, 0.25) is 0 Å². The number of hydrogen-bond acceptors (Lipinski definition) is 1. The molecule has 0 heterocycles. The van der Waals surface area contributed by atoms with Crippen LogP contribution in [-0.2, 0) is 0 Å². The van der Waals surface area contributed by atoms with E-state index in [0.717, 1.165) is 5.30 Å². The van der Waals surface area contributed by atoms with Crippen LogP contribution >= 0.6 is 7.92 Å². The van der Waals surface area contributed by atoms with Gasteiger partial charge in [-0.05, 0) is 62.6 Å². The third-order valence-electron chi connectivity index (χ3n) is 4.19. The minimum atomic E-state index is -0.615. The molecule has 0 amide bonds. The molecule has 0 aliphatic heterocycles. The predicted molar refractivity (Wildman–Crippen MR) is 102 cm³/mol. The topological polar surface area (TPSA) is 20.2 Å². The molecular weight excluding hydrogens is 299 g/mol. The molecule has 3 aromatic carbocycles. The fourth-order valence-corrected chi connectivity index (χ4v) is 4.84. The van der Waals surface area contributed by atoms with E-state index in [0.29, 0.717) is 5.75 Å². The smallest absolute Gasteiger partial charge is 0.123 e. The highest BCUT2D eigenvalue weighted by atomic mass is 31.1. The van der Waals surface area contributed by atoms with Crippen LogP contribution in [0, 0.1) is 13.8 Å². The molecule has 1 unspecified atom stereocenters. The summed E-state index contributed by atoms with van der Waals surface area (Å²) in [6.07, 6.45) is 0. The molecule has 3 rings (SSSR count). The van der Waals surface area contributed by atoms with Gasteiger partial charge in [0.15, 0.2) is 0 Å². The van der Waals surface area contributed by atoms with Gasteiger partial charge in [-0.25, -0.2) is 0 Å². The van der Waals surface area contributed by atoms with Crippen molar-refractivity contribution < 1.29 is 5.11 Å². The van der Waals surface area contributed by atoms with Crippen molar-refractivity contribution in [2.24, 2.45) is 0 Å². The number of hydrogen-bond donors (Lipinski definition) is 1. The molecule has 0 aromatic heterocycles. The van der Waals surface area contributed by atoms with Crippen LogP contribution in [0.25, 0.3) is 11.1 Å². The molecule has 0 saturated carbocycles. The fraction of sp³-hybridized carbons (Fsp3) is 0.143. The minimum Gasteiger partial charge on any atom is -0.507 e. The maximum absolute atomic E-state index is 10.3. The van der Waals surface area contributed by atoms with Crippen LogP contribution in [0.4, 0.5) is 0 Å². The Kier molecular flexibility index (Phi) is 4.50. The summed E-state index contributed by atoms with van der Waals surface area (Å²) in [7, 11) is -0.615. The van der Waals surface area contributed by atoms with E-state index in [-0.39, 0.29) is 0 Å². The molecule has 0 aliphatic rings. The van der Waals surface area contributed by atoms with Crippen molar-refractivity contribution in [1.82, 2.24) is 0 Å². The third kappa shape index (κ3) is 3.16. The molecule has 0 spiro atoms. The van der Waals surface area contributed by atoms with Crippen molar-refractivity contribution in [1.29, 1.82) is 0 Å². The molecule has 23 heavy (non-hydrogen) atoms. The van der Waals surface area contributed by atoms with Crippen molar-refractivity contribution in [3.63, 3.8) is 0 Å². The highest BCUT2D eigenvalue weighted by molar-refractivity contribution is 7.72. The summed E-state index contributed by atoms with van der Waals surface area (Å²) in [5.74, 6) is 0.392. The first-order valence-corrected chi connectivity index (χ1v) is 9.55. The Balaban J connectivity index is 2.14. The number of phenols is 1. The molecule has 3 aromatic rings. The highest BCUT2D eigenvalue weighted by Gasteiger charge is 2.17. The normalized spacial score (nSPS) is 12.1. The van der Waals surface area contributed by atoms with E-state index in [4.69, 9.17) is 0 Å². The monoisotopic (exact) mass is 320 g/mol. The van der Waals surface area contributed by atoms with Gasteiger partial charge in [-0.2, -0.15) is 0 Å². The van der Waals surface area contributed by atoms with Crippen LogP contribution in [0.15, 0.2) is 66.7 Å². The van der Waals surface area contributed by atoms with Gasteiger partial charge >= 0.3 is 0 Å². The van der Waals surface area contributed by atoms with Crippen LogP contribution in [0.2, 0.25) is 0 Å². The Morgan fingerprint density at radius 3 is 2.13 bits per heavy atom. The standard InChI is InChI=1S/C21H21OP/c1-15-12-13-19(22)21(14-15)23(3)20-11-7-6-10-18(20)17-9-5-4-8-16(17)2/h4-14,22H,1-3H3. The number of aryl methyl sites for hydroxylation is 2. The molecule has 1 N–H and O–H groups in total. The number of phenolic OH excluding ortho intramolecular Hbond substituents is 1. The lowest BCUT2D eigenvalue weighted by Gasteiger charge is -2.20. The summed E-state index contributed by atoms with van der Waals surface area (Å²) in [6.45, 7) is 6.44. The molecule has 0 fully saturated rings.